The van der Waals surface area contributed by atoms with Crippen molar-refractivity contribution >= 4 is 52.0 Å². The van der Waals surface area contributed by atoms with E-state index in [0.717, 1.165) is 0 Å². The Morgan fingerprint density at radius 1 is 0.650 bits per heavy atom. The lowest BCUT2D eigenvalue weighted by Gasteiger charge is -2.00. The highest BCUT2D eigenvalue weighted by Gasteiger charge is 2.04. The summed E-state index contributed by atoms with van der Waals surface area (Å²) < 4.78 is 0. The zero-order chi connectivity index (χ0) is 15.4. The van der Waals surface area contributed by atoms with Crippen LogP contribution in [0.15, 0.2) is 0 Å². The lowest BCUT2D eigenvalue weighted by molar-refractivity contribution is 1.06. The molecule has 0 bridgehead atoms. The molecule has 108 valence electrons. The molecule has 0 aliphatic rings. The van der Waals surface area contributed by atoms with Gasteiger partial charge >= 0.3 is 0 Å². The van der Waals surface area contributed by atoms with E-state index in [-0.39, 0.29) is 32.7 Å². The average molecular weight is 337 g/mol. The Bertz CT molecular complexity index is 531. The van der Waals surface area contributed by atoms with Crippen LogP contribution in [0.5, 0.6) is 0 Å². The molecule has 0 unspecified atom stereocenters. The third kappa shape index (κ3) is 4.22. The van der Waals surface area contributed by atoms with Gasteiger partial charge in [-0.1, -0.05) is 34.8 Å². The van der Waals surface area contributed by atoms with Crippen molar-refractivity contribution in [3.63, 3.8) is 0 Å². The third-order valence-corrected chi connectivity index (χ3v) is 2.87. The molecule has 10 heteroatoms. The highest BCUT2D eigenvalue weighted by molar-refractivity contribution is 6.37. The van der Waals surface area contributed by atoms with E-state index in [9.17, 15) is 0 Å². The van der Waals surface area contributed by atoms with Gasteiger partial charge in [-0.3, -0.25) is 0 Å². The number of nitrogens with two attached hydrogens (primary N) is 3. The minimum atomic E-state index is 0.206. The molecule has 20 heavy (non-hydrogen) atoms. The molecule has 0 saturated heterocycles. The Morgan fingerprint density at radius 2 is 1.00 bits per heavy atom. The summed E-state index contributed by atoms with van der Waals surface area (Å²) in [6.45, 7) is 3.39. The Balaban J connectivity index is 0.000000200. The molecule has 0 amide bonds. The summed E-state index contributed by atoms with van der Waals surface area (Å²) in [4.78, 5) is 15.1. The predicted octanol–water partition coefficient (Wildman–Crippen LogP) is 2.28. The summed E-state index contributed by atoms with van der Waals surface area (Å²) in [5, 5.41) is 0.625. The van der Waals surface area contributed by atoms with E-state index < -0.39 is 0 Å². The normalized spacial score (nSPS) is 9.85. The molecule has 2 heterocycles. The molecule has 0 saturated carbocycles. The van der Waals surface area contributed by atoms with E-state index in [4.69, 9.17) is 52.0 Å². The SMILES string of the molecule is Cc1nc(Cl)c(N)c(Cl)n1.Cc1nc(N)c(N)c(Cl)n1. The minimum absolute atomic E-state index is 0.206. The zero-order valence-electron chi connectivity index (χ0n) is 10.7. The van der Waals surface area contributed by atoms with Crippen LogP contribution in [0.3, 0.4) is 0 Å². The molecule has 7 nitrogen and oxygen atoms in total. The molecule has 6 N–H and O–H groups in total. The summed E-state index contributed by atoms with van der Waals surface area (Å²) in [5.41, 5.74) is 16.6. The smallest absolute Gasteiger partial charge is 0.157 e. The average Bonchev–Trinajstić information content (AvgIpc) is 2.33. The van der Waals surface area contributed by atoms with Gasteiger partial charge in [-0.05, 0) is 13.8 Å². The molecule has 0 aliphatic heterocycles. The quantitative estimate of drug-likeness (QED) is 0.629. The van der Waals surface area contributed by atoms with Gasteiger partial charge in [0.25, 0.3) is 0 Å². The molecule has 0 aromatic carbocycles. The van der Waals surface area contributed by atoms with E-state index >= 15 is 0 Å². The number of hydrogen-bond acceptors (Lipinski definition) is 7. The van der Waals surface area contributed by atoms with Crippen molar-refractivity contribution in [1.29, 1.82) is 0 Å². The van der Waals surface area contributed by atoms with Crippen LogP contribution in [0.1, 0.15) is 11.6 Å². The largest absolute Gasteiger partial charge is 0.394 e. The van der Waals surface area contributed by atoms with Crippen LogP contribution in [-0.4, -0.2) is 19.9 Å². The van der Waals surface area contributed by atoms with Gasteiger partial charge in [-0.15, -0.1) is 0 Å². The van der Waals surface area contributed by atoms with Crippen LogP contribution in [0, 0.1) is 13.8 Å². The first kappa shape index (κ1) is 16.5. The van der Waals surface area contributed by atoms with E-state index in [1.54, 1.807) is 13.8 Å². The lowest BCUT2D eigenvalue weighted by Crippen LogP contribution is -2.02. The maximum absolute atomic E-state index is 5.56. The van der Waals surface area contributed by atoms with Gasteiger partial charge in [0.05, 0.1) is 0 Å². The second kappa shape index (κ2) is 6.74. The molecule has 2 aromatic heterocycles. The summed E-state index contributed by atoms with van der Waals surface area (Å²) in [6.07, 6.45) is 0. The van der Waals surface area contributed by atoms with Crippen molar-refractivity contribution in [2.24, 2.45) is 0 Å². The van der Waals surface area contributed by atoms with Crippen LogP contribution in [0.25, 0.3) is 0 Å². The van der Waals surface area contributed by atoms with Gasteiger partial charge in [-0.25, -0.2) is 19.9 Å². The fourth-order valence-electron chi connectivity index (χ4n) is 1.08. The van der Waals surface area contributed by atoms with Crippen LogP contribution >= 0.6 is 34.8 Å². The van der Waals surface area contributed by atoms with Crippen LogP contribution in [0.4, 0.5) is 17.2 Å². The Hall–Kier alpha value is -1.57. The molecular formula is C10H12Cl3N7. The van der Waals surface area contributed by atoms with Crippen molar-refractivity contribution in [2.45, 2.75) is 13.8 Å². The summed E-state index contributed by atoms with van der Waals surface area (Å²) in [7, 11) is 0. The van der Waals surface area contributed by atoms with E-state index in [2.05, 4.69) is 19.9 Å². The molecule has 0 fully saturated rings. The van der Waals surface area contributed by atoms with E-state index in [1.165, 1.54) is 0 Å². The number of nitrogens with zero attached hydrogens (tertiary/aromatic N) is 4. The summed E-state index contributed by atoms with van der Waals surface area (Å²) in [5.74, 6) is 1.28. The van der Waals surface area contributed by atoms with Crippen molar-refractivity contribution < 1.29 is 0 Å². The first-order valence-electron chi connectivity index (χ1n) is 5.22. The van der Waals surface area contributed by atoms with E-state index in [1.807, 2.05) is 0 Å². The van der Waals surface area contributed by atoms with E-state index in [0.29, 0.717) is 11.6 Å². The van der Waals surface area contributed by atoms with Gasteiger partial charge < -0.3 is 17.2 Å². The number of halogens is 3. The van der Waals surface area contributed by atoms with Gasteiger partial charge in [0.2, 0.25) is 0 Å². The highest BCUT2D eigenvalue weighted by atomic mass is 35.5. The molecule has 2 aromatic rings. The lowest BCUT2D eigenvalue weighted by atomic mass is 10.5. The van der Waals surface area contributed by atoms with Crippen molar-refractivity contribution in [3.05, 3.63) is 27.1 Å². The number of anilines is 3. The Labute approximate surface area is 130 Å². The number of aromatic nitrogens is 4. The number of aryl methyl sites for hydroxylation is 2. The van der Waals surface area contributed by atoms with Crippen LogP contribution < -0.4 is 17.2 Å². The predicted molar refractivity (Wildman–Crippen MR) is 81.8 cm³/mol. The van der Waals surface area contributed by atoms with Gasteiger partial charge in [0.1, 0.15) is 23.0 Å². The third-order valence-electron chi connectivity index (χ3n) is 2.00. The fourth-order valence-corrected chi connectivity index (χ4v) is 1.77. The van der Waals surface area contributed by atoms with Gasteiger partial charge in [0, 0.05) is 0 Å². The Morgan fingerprint density at radius 3 is 1.40 bits per heavy atom. The van der Waals surface area contributed by atoms with Crippen molar-refractivity contribution in [3.8, 4) is 0 Å². The first-order valence-corrected chi connectivity index (χ1v) is 6.36. The second-order valence-corrected chi connectivity index (χ2v) is 4.70. The maximum atomic E-state index is 5.56. The number of hydrogen-bond donors (Lipinski definition) is 3. The zero-order valence-corrected chi connectivity index (χ0v) is 12.9. The monoisotopic (exact) mass is 335 g/mol. The molecule has 0 radical (unpaired) electrons. The summed E-state index contributed by atoms with van der Waals surface area (Å²) >= 11 is 16.7. The molecule has 0 atom stereocenters. The fraction of sp³-hybridized carbons (Fsp3) is 0.200. The van der Waals surface area contributed by atoms with Crippen LogP contribution in [0.2, 0.25) is 15.5 Å². The van der Waals surface area contributed by atoms with Crippen LogP contribution in [-0.2, 0) is 0 Å². The molecule has 2 rings (SSSR count). The maximum Gasteiger partial charge on any atom is 0.157 e. The standard InChI is InChI=1S/C5H5Cl2N3.C5H7ClN4/c1-2-9-4(6)3(8)5(7)10-2;1-2-9-4(6)3(7)5(8)10-2/h8H2,1H3;7H2,1H3,(H2,8,9,10). The first-order chi connectivity index (χ1) is 9.22. The molecular weight excluding hydrogens is 325 g/mol. The number of nitrogen functional groups attached to an aromatic ring is 3. The second-order valence-electron chi connectivity index (χ2n) is 3.63. The minimum Gasteiger partial charge on any atom is -0.394 e. The highest BCUT2D eigenvalue weighted by Crippen LogP contribution is 2.22. The summed E-state index contributed by atoms with van der Waals surface area (Å²) in [6, 6.07) is 0. The molecule has 0 aliphatic carbocycles. The van der Waals surface area contributed by atoms with Gasteiger partial charge in [0.15, 0.2) is 21.3 Å². The number of rotatable bonds is 0. The topological polar surface area (TPSA) is 130 Å². The van der Waals surface area contributed by atoms with Crippen molar-refractivity contribution in [2.75, 3.05) is 17.2 Å². The van der Waals surface area contributed by atoms with Gasteiger partial charge in [-0.2, -0.15) is 0 Å². The molecule has 0 spiro atoms. The van der Waals surface area contributed by atoms with Crippen molar-refractivity contribution in [1.82, 2.24) is 19.9 Å². The Kier molecular flexibility index (Phi) is 5.55.